The topological polar surface area (TPSA) is 29.3 Å². The summed E-state index contributed by atoms with van der Waals surface area (Å²) in [6.45, 7) is 4.58. The zero-order valence-electron chi connectivity index (χ0n) is 6.59. The van der Waals surface area contributed by atoms with Gasteiger partial charge in [0.05, 0.1) is 0 Å². The number of rotatable bonds is 0. The standard InChI is InChI=1S/C7H17N2P/c1-6-4-7(8)2-3-9(10)5-6/h6-7H,2-5,8,10H2,1H3. The Hall–Kier alpha value is 0.350. The Balaban J connectivity index is 2.38. The van der Waals surface area contributed by atoms with Crippen molar-refractivity contribution in [3.05, 3.63) is 0 Å². The number of hydrogen-bond acceptors (Lipinski definition) is 2. The molecule has 10 heavy (non-hydrogen) atoms. The van der Waals surface area contributed by atoms with Crippen LogP contribution in [0.3, 0.4) is 0 Å². The van der Waals surface area contributed by atoms with E-state index in [2.05, 4.69) is 21.0 Å². The van der Waals surface area contributed by atoms with E-state index in [1.54, 1.807) is 0 Å². The van der Waals surface area contributed by atoms with Crippen molar-refractivity contribution in [1.82, 2.24) is 4.67 Å². The first-order valence-electron chi connectivity index (χ1n) is 3.93. The van der Waals surface area contributed by atoms with Gasteiger partial charge in [-0.2, -0.15) is 0 Å². The molecule has 0 radical (unpaired) electrons. The molecule has 3 heteroatoms. The van der Waals surface area contributed by atoms with Crippen LogP contribution in [0.15, 0.2) is 0 Å². The molecule has 0 aromatic heterocycles. The van der Waals surface area contributed by atoms with Gasteiger partial charge in [0.25, 0.3) is 0 Å². The second-order valence-corrected chi connectivity index (χ2v) is 4.11. The average Bonchev–Trinajstić information content (AvgIpc) is 1.93. The highest BCUT2D eigenvalue weighted by Crippen LogP contribution is 2.17. The maximum atomic E-state index is 5.85. The van der Waals surface area contributed by atoms with Crippen molar-refractivity contribution in [3.63, 3.8) is 0 Å². The van der Waals surface area contributed by atoms with Gasteiger partial charge in [0, 0.05) is 19.1 Å². The van der Waals surface area contributed by atoms with Gasteiger partial charge in [-0.05, 0) is 18.8 Å². The molecule has 3 atom stereocenters. The van der Waals surface area contributed by atoms with Crippen molar-refractivity contribution in [2.24, 2.45) is 11.7 Å². The molecule has 1 fully saturated rings. The average molecular weight is 160 g/mol. The Morgan fingerprint density at radius 3 is 3.00 bits per heavy atom. The summed E-state index contributed by atoms with van der Waals surface area (Å²) < 4.78 is 2.29. The van der Waals surface area contributed by atoms with Gasteiger partial charge >= 0.3 is 0 Å². The lowest BCUT2D eigenvalue weighted by atomic mass is 10.0. The Labute approximate surface area is 65.4 Å². The van der Waals surface area contributed by atoms with E-state index in [0.29, 0.717) is 6.04 Å². The van der Waals surface area contributed by atoms with Crippen LogP contribution >= 0.6 is 9.39 Å². The zero-order chi connectivity index (χ0) is 7.56. The van der Waals surface area contributed by atoms with Gasteiger partial charge in [0.15, 0.2) is 0 Å². The monoisotopic (exact) mass is 160 g/mol. The lowest BCUT2D eigenvalue weighted by Gasteiger charge is -2.14. The molecule has 3 unspecified atom stereocenters. The summed E-state index contributed by atoms with van der Waals surface area (Å²) in [6.07, 6.45) is 2.33. The molecule has 0 bridgehead atoms. The molecule has 1 saturated heterocycles. The smallest absolute Gasteiger partial charge is 0.00541 e. The van der Waals surface area contributed by atoms with E-state index in [0.717, 1.165) is 18.9 Å². The summed E-state index contributed by atoms with van der Waals surface area (Å²) in [5.74, 6) is 0.759. The summed E-state index contributed by atoms with van der Waals surface area (Å²) in [4.78, 5) is 0. The number of nitrogens with zero attached hydrogens (tertiary/aromatic N) is 1. The molecule has 2 nitrogen and oxygen atoms in total. The SMILES string of the molecule is CC1CC(N)CCN(P)C1. The van der Waals surface area contributed by atoms with E-state index in [9.17, 15) is 0 Å². The van der Waals surface area contributed by atoms with Crippen molar-refractivity contribution in [2.45, 2.75) is 25.8 Å². The predicted molar refractivity (Wildman–Crippen MR) is 47.7 cm³/mol. The van der Waals surface area contributed by atoms with Crippen LogP contribution in [0.4, 0.5) is 0 Å². The summed E-state index contributed by atoms with van der Waals surface area (Å²) in [5, 5.41) is 0. The Morgan fingerprint density at radius 1 is 1.60 bits per heavy atom. The lowest BCUT2D eigenvalue weighted by Crippen LogP contribution is -2.21. The third-order valence-electron chi connectivity index (χ3n) is 2.04. The van der Waals surface area contributed by atoms with Gasteiger partial charge in [-0.1, -0.05) is 16.3 Å². The fourth-order valence-electron chi connectivity index (χ4n) is 1.53. The van der Waals surface area contributed by atoms with Crippen LogP contribution in [0.25, 0.3) is 0 Å². The molecular formula is C7H17N2P. The van der Waals surface area contributed by atoms with E-state index in [1.165, 1.54) is 13.0 Å². The highest BCUT2D eigenvalue weighted by molar-refractivity contribution is 7.13. The van der Waals surface area contributed by atoms with E-state index >= 15 is 0 Å². The van der Waals surface area contributed by atoms with Crippen LogP contribution in [0, 0.1) is 5.92 Å². The van der Waals surface area contributed by atoms with E-state index in [-0.39, 0.29) is 0 Å². The second-order valence-electron chi connectivity index (χ2n) is 3.38. The van der Waals surface area contributed by atoms with Crippen LogP contribution in [-0.2, 0) is 0 Å². The fourth-order valence-corrected chi connectivity index (χ4v) is 2.04. The van der Waals surface area contributed by atoms with E-state index in [4.69, 9.17) is 5.73 Å². The third-order valence-corrected chi connectivity index (χ3v) is 2.51. The largest absolute Gasteiger partial charge is 0.328 e. The number of hydrogen-bond donors (Lipinski definition) is 1. The molecule has 0 amide bonds. The molecule has 2 N–H and O–H groups in total. The first kappa shape index (κ1) is 8.45. The molecule has 60 valence electrons. The van der Waals surface area contributed by atoms with E-state index < -0.39 is 0 Å². The maximum absolute atomic E-state index is 5.85. The van der Waals surface area contributed by atoms with Crippen LogP contribution < -0.4 is 5.73 Å². The van der Waals surface area contributed by atoms with Crippen molar-refractivity contribution in [1.29, 1.82) is 0 Å². The number of nitrogens with two attached hydrogens (primary N) is 1. The quantitative estimate of drug-likeness (QED) is 0.532. The van der Waals surface area contributed by atoms with Gasteiger partial charge in [-0.3, -0.25) is 4.67 Å². The Morgan fingerprint density at radius 2 is 2.30 bits per heavy atom. The van der Waals surface area contributed by atoms with Crippen molar-refractivity contribution < 1.29 is 0 Å². The first-order chi connectivity index (χ1) is 4.68. The molecule has 0 aliphatic carbocycles. The molecular weight excluding hydrogens is 143 g/mol. The lowest BCUT2D eigenvalue weighted by molar-refractivity contribution is 0.417. The second kappa shape index (κ2) is 3.66. The molecule has 0 saturated carbocycles. The van der Waals surface area contributed by atoms with Crippen molar-refractivity contribution in [3.8, 4) is 0 Å². The molecule has 0 aromatic rings. The molecule has 1 aliphatic heterocycles. The third kappa shape index (κ3) is 2.53. The normalized spacial score (nSPS) is 37.5. The first-order valence-corrected chi connectivity index (χ1v) is 4.45. The molecule has 1 aliphatic rings. The molecule has 1 rings (SSSR count). The maximum Gasteiger partial charge on any atom is 0.00541 e. The van der Waals surface area contributed by atoms with Crippen LogP contribution in [-0.4, -0.2) is 23.8 Å². The summed E-state index contributed by atoms with van der Waals surface area (Å²) in [7, 11) is 2.76. The van der Waals surface area contributed by atoms with E-state index in [1.807, 2.05) is 0 Å². The van der Waals surface area contributed by atoms with Gasteiger partial charge in [-0.15, -0.1) is 0 Å². The van der Waals surface area contributed by atoms with Gasteiger partial charge in [-0.25, -0.2) is 0 Å². The minimum atomic E-state index is 0.431. The van der Waals surface area contributed by atoms with Gasteiger partial charge in [0.1, 0.15) is 0 Å². The Kier molecular flexibility index (Phi) is 3.09. The molecule has 0 aromatic carbocycles. The van der Waals surface area contributed by atoms with Crippen molar-refractivity contribution in [2.75, 3.05) is 13.1 Å². The van der Waals surface area contributed by atoms with Gasteiger partial charge in [0.2, 0.25) is 0 Å². The molecule has 1 heterocycles. The highest BCUT2D eigenvalue weighted by Gasteiger charge is 2.16. The zero-order valence-corrected chi connectivity index (χ0v) is 7.74. The van der Waals surface area contributed by atoms with Crippen LogP contribution in [0.1, 0.15) is 19.8 Å². The Bertz CT molecular complexity index is 95.8. The van der Waals surface area contributed by atoms with Crippen molar-refractivity contribution >= 4 is 9.39 Å². The van der Waals surface area contributed by atoms with Gasteiger partial charge < -0.3 is 5.73 Å². The minimum Gasteiger partial charge on any atom is -0.328 e. The summed E-state index contributed by atoms with van der Waals surface area (Å²) in [6, 6.07) is 0.431. The van der Waals surface area contributed by atoms with Crippen LogP contribution in [0.5, 0.6) is 0 Å². The minimum absolute atomic E-state index is 0.431. The molecule has 0 spiro atoms. The predicted octanol–water partition coefficient (Wildman–Crippen LogP) is 0.836. The summed E-state index contributed by atoms with van der Waals surface area (Å²) in [5.41, 5.74) is 5.85. The summed E-state index contributed by atoms with van der Waals surface area (Å²) >= 11 is 0. The van der Waals surface area contributed by atoms with Crippen LogP contribution in [0.2, 0.25) is 0 Å². The highest BCUT2D eigenvalue weighted by atomic mass is 31.0. The fraction of sp³-hybridized carbons (Fsp3) is 1.00.